The number of rotatable bonds is 5. The lowest BCUT2D eigenvalue weighted by Gasteiger charge is -2.12. The van der Waals surface area contributed by atoms with Crippen LogP contribution in [0, 0.1) is 11.3 Å². The summed E-state index contributed by atoms with van der Waals surface area (Å²) in [6.45, 7) is 2.34. The van der Waals surface area contributed by atoms with E-state index in [2.05, 4.69) is 5.32 Å². The molecule has 3 aromatic carbocycles. The second kappa shape index (κ2) is 8.79. The Balaban J connectivity index is 2.06. The van der Waals surface area contributed by atoms with Crippen molar-refractivity contribution in [2.75, 3.05) is 11.9 Å². The Morgan fingerprint density at radius 1 is 1.11 bits per heavy atom. The van der Waals surface area contributed by atoms with Crippen LogP contribution in [0.5, 0.6) is 5.75 Å². The van der Waals surface area contributed by atoms with Crippen molar-refractivity contribution in [1.82, 2.24) is 0 Å². The molecular formula is C22H16Cl2N2O2. The largest absolute Gasteiger partial charge is 0.493 e. The van der Waals surface area contributed by atoms with E-state index in [4.69, 9.17) is 27.9 Å². The molecule has 0 saturated carbocycles. The lowest BCUT2D eigenvalue weighted by atomic mass is 10.0. The zero-order chi connectivity index (χ0) is 20.1. The van der Waals surface area contributed by atoms with Crippen molar-refractivity contribution in [2.24, 2.45) is 0 Å². The summed E-state index contributed by atoms with van der Waals surface area (Å²) in [5.41, 5.74) is 0.838. The van der Waals surface area contributed by atoms with E-state index in [1.807, 2.05) is 49.4 Å². The average molecular weight is 411 g/mol. The SMILES string of the molecule is CCOc1ccc2ccccc2c1/C=C(\C#N)C(=O)Nc1c(Cl)cccc1Cl. The van der Waals surface area contributed by atoms with E-state index in [1.165, 1.54) is 6.08 Å². The van der Waals surface area contributed by atoms with E-state index in [0.29, 0.717) is 28.0 Å². The molecule has 0 heterocycles. The number of hydrogen-bond acceptors (Lipinski definition) is 3. The summed E-state index contributed by atoms with van der Waals surface area (Å²) in [7, 11) is 0. The third kappa shape index (κ3) is 4.12. The molecule has 1 N–H and O–H groups in total. The minimum absolute atomic E-state index is 0.0895. The first-order valence-corrected chi connectivity index (χ1v) is 9.32. The van der Waals surface area contributed by atoms with Gasteiger partial charge in [-0.05, 0) is 42.0 Å². The highest BCUT2D eigenvalue weighted by atomic mass is 35.5. The lowest BCUT2D eigenvalue weighted by molar-refractivity contribution is -0.112. The van der Waals surface area contributed by atoms with Crippen LogP contribution in [0.15, 0.2) is 60.2 Å². The Bertz CT molecular complexity index is 1100. The molecule has 140 valence electrons. The van der Waals surface area contributed by atoms with Gasteiger partial charge in [-0.15, -0.1) is 0 Å². The van der Waals surface area contributed by atoms with Gasteiger partial charge in [-0.1, -0.05) is 59.6 Å². The molecule has 3 rings (SSSR count). The fourth-order valence-electron chi connectivity index (χ4n) is 2.80. The molecule has 0 spiro atoms. The number of amides is 1. The van der Waals surface area contributed by atoms with Crippen LogP contribution in [0.4, 0.5) is 5.69 Å². The second-order valence-corrected chi connectivity index (χ2v) is 6.67. The molecule has 0 unspecified atom stereocenters. The first-order chi connectivity index (χ1) is 13.5. The van der Waals surface area contributed by atoms with Gasteiger partial charge in [0, 0.05) is 5.56 Å². The minimum atomic E-state index is -0.604. The molecule has 0 fully saturated rings. The van der Waals surface area contributed by atoms with Gasteiger partial charge in [0.1, 0.15) is 17.4 Å². The van der Waals surface area contributed by atoms with Crippen molar-refractivity contribution in [2.45, 2.75) is 6.92 Å². The number of hydrogen-bond donors (Lipinski definition) is 1. The maximum absolute atomic E-state index is 12.7. The Morgan fingerprint density at radius 3 is 2.50 bits per heavy atom. The van der Waals surface area contributed by atoms with E-state index in [1.54, 1.807) is 18.2 Å². The van der Waals surface area contributed by atoms with Gasteiger partial charge < -0.3 is 10.1 Å². The van der Waals surface area contributed by atoms with Crippen LogP contribution in [0.25, 0.3) is 16.8 Å². The van der Waals surface area contributed by atoms with E-state index in [-0.39, 0.29) is 11.3 Å². The molecule has 0 saturated heterocycles. The molecular weight excluding hydrogens is 395 g/mol. The molecule has 0 radical (unpaired) electrons. The highest BCUT2D eigenvalue weighted by Crippen LogP contribution is 2.32. The van der Waals surface area contributed by atoms with Crippen LogP contribution in [-0.4, -0.2) is 12.5 Å². The van der Waals surface area contributed by atoms with Gasteiger partial charge in [0.15, 0.2) is 0 Å². The number of nitriles is 1. The number of halogens is 2. The predicted octanol–water partition coefficient (Wildman–Crippen LogP) is 6.09. The van der Waals surface area contributed by atoms with Gasteiger partial charge in [-0.2, -0.15) is 5.26 Å². The third-order valence-electron chi connectivity index (χ3n) is 4.09. The topological polar surface area (TPSA) is 62.1 Å². The number of benzene rings is 3. The van der Waals surface area contributed by atoms with Crippen LogP contribution in [0.2, 0.25) is 10.0 Å². The molecule has 0 aliphatic carbocycles. The Hall–Kier alpha value is -3.00. The summed E-state index contributed by atoms with van der Waals surface area (Å²) in [6.07, 6.45) is 1.52. The number of ether oxygens (including phenoxy) is 1. The highest BCUT2D eigenvalue weighted by Gasteiger charge is 2.16. The maximum atomic E-state index is 12.7. The maximum Gasteiger partial charge on any atom is 0.266 e. The van der Waals surface area contributed by atoms with Gasteiger partial charge in [0.2, 0.25) is 0 Å². The molecule has 0 aliphatic heterocycles. The lowest BCUT2D eigenvalue weighted by Crippen LogP contribution is -2.14. The molecule has 0 aromatic heterocycles. The number of fused-ring (bicyclic) bond motifs is 1. The van der Waals surface area contributed by atoms with Crippen molar-refractivity contribution in [3.63, 3.8) is 0 Å². The standard InChI is InChI=1S/C22H16Cl2N2O2/c1-2-28-20-11-10-14-6-3-4-7-16(14)17(20)12-15(13-25)22(27)26-21-18(23)8-5-9-19(21)24/h3-12H,2H2,1H3,(H,26,27)/b15-12+. The first-order valence-electron chi connectivity index (χ1n) is 8.57. The quantitative estimate of drug-likeness (QED) is 0.408. The smallest absolute Gasteiger partial charge is 0.266 e. The summed E-state index contributed by atoms with van der Waals surface area (Å²) in [5.74, 6) is -0.00888. The van der Waals surface area contributed by atoms with Crippen LogP contribution >= 0.6 is 23.2 Å². The Morgan fingerprint density at radius 2 is 1.82 bits per heavy atom. The van der Waals surface area contributed by atoms with Crippen LogP contribution in [-0.2, 0) is 4.79 Å². The van der Waals surface area contributed by atoms with Crippen molar-refractivity contribution in [3.8, 4) is 11.8 Å². The normalized spacial score (nSPS) is 11.1. The Labute approximate surface area is 172 Å². The molecule has 0 bridgehead atoms. The first kappa shape index (κ1) is 19.8. The number of nitrogens with one attached hydrogen (secondary N) is 1. The zero-order valence-electron chi connectivity index (χ0n) is 15.0. The number of carbonyl (C=O) groups is 1. The van der Waals surface area contributed by atoms with Crippen LogP contribution in [0.1, 0.15) is 12.5 Å². The monoisotopic (exact) mass is 410 g/mol. The van der Waals surface area contributed by atoms with Crippen LogP contribution < -0.4 is 10.1 Å². The zero-order valence-corrected chi connectivity index (χ0v) is 16.5. The number of carbonyl (C=O) groups excluding carboxylic acids is 1. The average Bonchev–Trinajstić information content (AvgIpc) is 2.70. The van der Waals surface area contributed by atoms with E-state index in [9.17, 15) is 10.1 Å². The molecule has 3 aromatic rings. The van der Waals surface area contributed by atoms with Gasteiger partial charge in [0.25, 0.3) is 5.91 Å². The van der Waals surface area contributed by atoms with Crippen molar-refractivity contribution < 1.29 is 9.53 Å². The summed E-state index contributed by atoms with van der Waals surface area (Å²) in [6, 6.07) is 18.3. The van der Waals surface area contributed by atoms with Crippen molar-refractivity contribution in [3.05, 3.63) is 75.8 Å². The molecule has 0 atom stereocenters. The fraction of sp³-hybridized carbons (Fsp3) is 0.0909. The number of nitrogens with zero attached hydrogens (tertiary/aromatic N) is 1. The van der Waals surface area contributed by atoms with Gasteiger partial charge in [-0.25, -0.2) is 0 Å². The summed E-state index contributed by atoms with van der Waals surface area (Å²) in [5, 5.41) is 14.6. The van der Waals surface area contributed by atoms with Crippen LogP contribution in [0.3, 0.4) is 0 Å². The number of anilines is 1. The van der Waals surface area contributed by atoms with E-state index >= 15 is 0 Å². The molecule has 0 aliphatic rings. The number of para-hydroxylation sites is 1. The van der Waals surface area contributed by atoms with Gasteiger partial charge in [0.05, 0.1) is 22.3 Å². The molecule has 28 heavy (non-hydrogen) atoms. The summed E-state index contributed by atoms with van der Waals surface area (Å²) < 4.78 is 5.70. The van der Waals surface area contributed by atoms with Gasteiger partial charge in [-0.3, -0.25) is 4.79 Å². The predicted molar refractivity (Wildman–Crippen MR) is 114 cm³/mol. The highest BCUT2D eigenvalue weighted by molar-refractivity contribution is 6.40. The van der Waals surface area contributed by atoms with Gasteiger partial charge >= 0.3 is 0 Å². The van der Waals surface area contributed by atoms with Crippen molar-refractivity contribution >= 4 is 51.6 Å². The third-order valence-corrected chi connectivity index (χ3v) is 4.72. The van der Waals surface area contributed by atoms with Crippen molar-refractivity contribution in [1.29, 1.82) is 5.26 Å². The Kier molecular flexibility index (Phi) is 6.20. The summed E-state index contributed by atoms with van der Waals surface area (Å²) >= 11 is 12.2. The molecule has 1 amide bonds. The van der Waals surface area contributed by atoms with E-state index in [0.717, 1.165) is 10.8 Å². The summed E-state index contributed by atoms with van der Waals surface area (Å²) in [4.78, 5) is 12.7. The molecule has 4 nitrogen and oxygen atoms in total. The second-order valence-electron chi connectivity index (χ2n) is 5.85. The minimum Gasteiger partial charge on any atom is -0.493 e. The van der Waals surface area contributed by atoms with E-state index < -0.39 is 5.91 Å². The fourth-order valence-corrected chi connectivity index (χ4v) is 3.29. The molecule has 6 heteroatoms.